The molecule has 0 saturated heterocycles. The predicted octanol–water partition coefficient (Wildman–Crippen LogP) is 3.49. The molecule has 0 fully saturated rings. The first-order chi connectivity index (χ1) is 10.4. The normalized spacial score (nSPS) is 11.4. The second-order valence-electron chi connectivity index (χ2n) is 4.71. The maximum absolute atomic E-state index is 10.9. The first kappa shape index (κ1) is 15.8. The molecule has 2 rings (SSSR count). The summed E-state index contributed by atoms with van der Waals surface area (Å²) in [5, 5.41) is 15.1. The van der Waals surface area contributed by atoms with Crippen molar-refractivity contribution in [3.63, 3.8) is 0 Å². The van der Waals surface area contributed by atoms with Crippen LogP contribution in [0.25, 0.3) is 0 Å². The highest BCUT2D eigenvalue weighted by atomic mass is 35.5. The smallest absolute Gasteiger partial charge is 0.258 e. The van der Waals surface area contributed by atoms with Gasteiger partial charge in [-0.15, -0.1) is 0 Å². The number of nitro groups is 1. The van der Waals surface area contributed by atoms with E-state index in [2.05, 4.69) is 20.5 Å². The first-order valence-corrected chi connectivity index (χ1v) is 6.81. The maximum Gasteiger partial charge on any atom is 0.288 e. The summed E-state index contributed by atoms with van der Waals surface area (Å²) < 4.78 is 0. The van der Waals surface area contributed by atoms with Crippen molar-refractivity contribution in [1.82, 2.24) is 9.97 Å². The van der Waals surface area contributed by atoms with Crippen molar-refractivity contribution in [1.29, 1.82) is 0 Å². The Labute approximate surface area is 132 Å². The van der Waals surface area contributed by atoms with Gasteiger partial charge in [0.15, 0.2) is 0 Å². The van der Waals surface area contributed by atoms with E-state index < -0.39 is 4.92 Å². The molecule has 1 N–H and O–H groups in total. The Morgan fingerprint density at radius 2 is 1.91 bits per heavy atom. The largest absolute Gasteiger partial charge is 0.288 e. The van der Waals surface area contributed by atoms with Gasteiger partial charge in [0, 0.05) is 23.0 Å². The average molecular weight is 320 g/mol. The van der Waals surface area contributed by atoms with Crippen LogP contribution >= 0.6 is 11.6 Å². The van der Waals surface area contributed by atoms with Crippen LogP contribution in [0, 0.1) is 24.0 Å². The maximum atomic E-state index is 10.9. The molecule has 0 aliphatic carbocycles. The molecule has 0 amide bonds. The summed E-state index contributed by atoms with van der Waals surface area (Å²) in [6.07, 6.45) is 0. The van der Waals surface area contributed by atoms with E-state index in [1.54, 1.807) is 13.0 Å². The number of nitrogens with zero attached hydrogens (tertiary/aromatic N) is 4. The molecule has 1 aromatic carbocycles. The van der Waals surface area contributed by atoms with Crippen molar-refractivity contribution in [2.75, 3.05) is 5.43 Å². The van der Waals surface area contributed by atoms with E-state index in [1.807, 2.05) is 19.9 Å². The van der Waals surface area contributed by atoms with Crippen molar-refractivity contribution >= 4 is 28.9 Å². The number of halogens is 1. The summed E-state index contributed by atoms with van der Waals surface area (Å²) in [5.41, 5.74) is 5.39. The number of benzene rings is 1. The number of aryl methyl sites for hydroxylation is 2. The Morgan fingerprint density at radius 3 is 2.50 bits per heavy atom. The quantitative estimate of drug-likeness (QED) is 0.529. The topological polar surface area (TPSA) is 93.3 Å². The van der Waals surface area contributed by atoms with Crippen LogP contribution in [0.3, 0.4) is 0 Å². The number of hydrazone groups is 1. The van der Waals surface area contributed by atoms with Crippen LogP contribution in [0.15, 0.2) is 29.4 Å². The highest BCUT2D eigenvalue weighted by Crippen LogP contribution is 2.25. The lowest BCUT2D eigenvalue weighted by Gasteiger charge is -2.05. The van der Waals surface area contributed by atoms with Gasteiger partial charge in [-0.25, -0.2) is 15.4 Å². The number of hydrogen-bond acceptors (Lipinski definition) is 6. The Kier molecular flexibility index (Phi) is 4.67. The standard InChI is InChI=1S/C14H14ClN5O2/c1-8-6-9(2)17-14(16-8)19-18-10(3)11-4-5-12(15)13(7-11)20(21)22/h4-7H,1-3H3,(H,16,17,19)/b18-10+. The number of nitrogens with one attached hydrogen (secondary N) is 1. The van der Waals surface area contributed by atoms with Gasteiger partial charge in [-0.1, -0.05) is 17.7 Å². The van der Waals surface area contributed by atoms with Crippen LogP contribution in [0.4, 0.5) is 11.6 Å². The fourth-order valence-electron chi connectivity index (χ4n) is 1.85. The third kappa shape index (κ3) is 3.76. The van der Waals surface area contributed by atoms with Crippen molar-refractivity contribution in [3.8, 4) is 0 Å². The van der Waals surface area contributed by atoms with Gasteiger partial charge in [-0.2, -0.15) is 5.10 Å². The van der Waals surface area contributed by atoms with Gasteiger partial charge < -0.3 is 0 Å². The van der Waals surface area contributed by atoms with E-state index in [0.717, 1.165) is 11.4 Å². The monoisotopic (exact) mass is 319 g/mol. The van der Waals surface area contributed by atoms with Crippen LogP contribution < -0.4 is 5.43 Å². The zero-order chi connectivity index (χ0) is 16.3. The van der Waals surface area contributed by atoms with Crippen LogP contribution in [0.1, 0.15) is 23.9 Å². The molecule has 7 nitrogen and oxygen atoms in total. The summed E-state index contributed by atoms with van der Waals surface area (Å²) >= 11 is 5.79. The van der Waals surface area contributed by atoms with Crippen molar-refractivity contribution in [2.24, 2.45) is 5.10 Å². The van der Waals surface area contributed by atoms with Gasteiger partial charge in [0.1, 0.15) is 5.02 Å². The van der Waals surface area contributed by atoms with Gasteiger partial charge in [-0.3, -0.25) is 10.1 Å². The summed E-state index contributed by atoms with van der Waals surface area (Å²) in [5.74, 6) is 0.375. The Balaban J connectivity index is 2.25. The summed E-state index contributed by atoms with van der Waals surface area (Å²) in [6, 6.07) is 6.37. The van der Waals surface area contributed by atoms with Gasteiger partial charge in [0.05, 0.1) is 10.6 Å². The van der Waals surface area contributed by atoms with E-state index in [9.17, 15) is 10.1 Å². The molecular formula is C14H14ClN5O2. The minimum atomic E-state index is -0.528. The van der Waals surface area contributed by atoms with E-state index in [4.69, 9.17) is 11.6 Å². The summed E-state index contributed by atoms with van der Waals surface area (Å²) in [6.45, 7) is 5.45. The SMILES string of the molecule is C/C(=N\Nc1nc(C)cc(C)n1)c1ccc(Cl)c([N+](=O)[O-])c1. The summed E-state index contributed by atoms with van der Waals surface area (Å²) in [4.78, 5) is 18.8. The van der Waals surface area contributed by atoms with Crippen LogP contribution in [-0.2, 0) is 0 Å². The first-order valence-electron chi connectivity index (χ1n) is 6.43. The highest BCUT2D eigenvalue weighted by Gasteiger charge is 2.13. The minimum absolute atomic E-state index is 0.0900. The van der Waals surface area contributed by atoms with Gasteiger partial charge >= 0.3 is 0 Å². The van der Waals surface area contributed by atoms with E-state index in [0.29, 0.717) is 17.2 Å². The summed E-state index contributed by atoms with van der Waals surface area (Å²) in [7, 11) is 0. The third-order valence-electron chi connectivity index (χ3n) is 2.87. The molecule has 0 bridgehead atoms. The highest BCUT2D eigenvalue weighted by molar-refractivity contribution is 6.32. The van der Waals surface area contributed by atoms with Crippen molar-refractivity contribution in [3.05, 3.63) is 56.4 Å². The Morgan fingerprint density at radius 1 is 1.27 bits per heavy atom. The molecule has 0 aliphatic heterocycles. The molecule has 1 heterocycles. The molecule has 0 aliphatic rings. The lowest BCUT2D eigenvalue weighted by molar-refractivity contribution is -0.384. The number of aromatic nitrogens is 2. The van der Waals surface area contributed by atoms with Gasteiger partial charge in [0.25, 0.3) is 5.69 Å². The molecule has 0 spiro atoms. The van der Waals surface area contributed by atoms with Crippen LogP contribution in [0.2, 0.25) is 5.02 Å². The zero-order valence-corrected chi connectivity index (χ0v) is 13.0. The second kappa shape index (κ2) is 6.48. The third-order valence-corrected chi connectivity index (χ3v) is 3.19. The molecule has 0 unspecified atom stereocenters. The molecule has 0 atom stereocenters. The van der Waals surface area contributed by atoms with Gasteiger partial charge in [0.2, 0.25) is 5.95 Å². The number of rotatable bonds is 4. The lowest BCUT2D eigenvalue weighted by Crippen LogP contribution is -2.04. The lowest BCUT2D eigenvalue weighted by atomic mass is 10.1. The predicted molar refractivity (Wildman–Crippen MR) is 85.4 cm³/mol. The molecule has 1 aromatic heterocycles. The molecule has 0 saturated carbocycles. The van der Waals surface area contributed by atoms with Crippen LogP contribution in [0.5, 0.6) is 0 Å². The molecule has 114 valence electrons. The van der Waals surface area contributed by atoms with Crippen molar-refractivity contribution in [2.45, 2.75) is 20.8 Å². The van der Waals surface area contributed by atoms with E-state index >= 15 is 0 Å². The van der Waals surface area contributed by atoms with Gasteiger partial charge in [-0.05, 0) is 32.9 Å². The number of anilines is 1. The molecule has 0 radical (unpaired) electrons. The average Bonchev–Trinajstić information content (AvgIpc) is 2.44. The molecule has 2 aromatic rings. The fraction of sp³-hybridized carbons (Fsp3) is 0.214. The number of hydrogen-bond donors (Lipinski definition) is 1. The van der Waals surface area contributed by atoms with Crippen molar-refractivity contribution < 1.29 is 4.92 Å². The van der Waals surface area contributed by atoms with E-state index in [-0.39, 0.29) is 10.7 Å². The Hall–Kier alpha value is -2.54. The number of nitro benzene ring substituents is 1. The minimum Gasteiger partial charge on any atom is -0.258 e. The Bertz CT molecular complexity index is 741. The van der Waals surface area contributed by atoms with Crippen LogP contribution in [-0.4, -0.2) is 20.6 Å². The van der Waals surface area contributed by atoms with E-state index in [1.165, 1.54) is 12.1 Å². The fourth-order valence-corrected chi connectivity index (χ4v) is 2.04. The zero-order valence-electron chi connectivity index (χ0n) is 12.3. The molecule has 22 heavy (non-hydrogen) atoms. The molecule has 8 heteroatoms. The second-order valence-corrected chi connectivity index (χ2v) is 5.11. The molecular weight excluding hydrogens is 306 g/mol.